The van der Waals surface area contributed by atoms with Crippen LogP contribution in [-0.2, 0) is 0 Å². The van der Waals surface area contributed by atoms with Gasteiger partial charge in [-0.15, -0.1) is 0 Å². The fourth-order valence-electron chi connectivity index (χ4n) is 0.348. The van der Waals surface area contributed by atoms with Crippen LogP contribution in [0, 0.1) is 5.92 Å². The maximum atomic E-state index is 3.83. The first-order valence-corrected chi connectivity index (χ1v) is 5.25. The van der Waals surface area contributed by atoms with Crippen molar-refractivity contribution < 1.29 is 0 Å². The SMILES string of the molecule is C=C(C)C(C)CC.CC.CCC. The molecule has 0 bridgehead atoms. The molecule has 0 aromatic rings. The molecule has 0 N–H and O–H groups in total. The van der Waals surface area contributed by atoms with E-state index in [0.29, 0.717) is 5.92 Å². The van der Waals surface area contributed by atoms with E-state index in [1.54, 1.807) is 0 Å². The quantitative estimate of drug-likeness (QED) is 0.511. The Hall–Kier alpha value is -0.260. The number of hydrogen-bond donors (Lipinski definition) is 0. The Morgan fingerprint density at radius 3 is 1.42 bits per heavy atom. The summed E-state index contributed by atoms with van der Waals surface area (Å²) in [4.78, 5) is 0. The molecule has 0 amide bonds. The fourth-order valence-corrected chi connectivity index (χ4v) is 0.348. The van der Waals surface area contributed by atoms with Gasteiger partial charge in [0.15, 0.2) is 0 Å². The minimum absolute atomic E-state index is 0.708. The summed E-state index contributed by atoms with van der Waals surface area (Å²) in [5.74, 6) is 0.708. The molecule has 0 saturated heterocycles. The minimum atomic E-state index is 0.708. The number of hydrogen-bond acceptors (Lipinski definition) is 0. The zero-order valence-corrected chi connectivity index (χ0v) is 10.2. The molecule has 0 aliphatic rings. The van der Waals surface area contributed by atoms with Gasteiger partial charge in [-0.1, -0.05) is 60.1 Å². The van der Waals surface area contributed by atoms with Gasteiger partial charge in [0.1, 0.15) is 0 Å². The first-order chi connectivity index (χ1) is 5.59. The fraction of sp³-hybridized carbons (Fsp3) is 0.833. The Kier molecular flexibility index (Phi) is 25.1. The van der Waals surface area contributed by atoms with E-state index in [0.717, 1.165) is 0 Å². The average molecular weight is 172 g/mol. The van der Waals surface area contributed by atoms with Crippen molar-refractivity contribution in [3.05, 3.63) is 12.2 Å². The van der Waals surface area contributed by atoms with Crippen molar-refractivity contribution in [2.45, 2.75) is 61.3 Å². The predicted octanol–water partition coefficient (Wildman–Crippen LogP) is 5.05. The van der Waals surface area contributed by atoms with Crippen molar-refractivity contribution >= 4 is 0 Å². The molecule has 0 aliphatic heterocycles. The van der Waals surface area contributed by atoms with Gasteiger partial charge in [-0.3, -0.25) is 0 Å². The number of allylic oxidation sites excluding steroid dienone is 1. The van der Waals surface area contributed by atoms with Gasteiger partial charge < -0.3 is 0 Å². The molecule has 0 nitrogen and oxygen atoms in total. The third-order valence-corrected chi connectivity index (χ3v) is 1.45. The van der Waals surface area contributed by atoms with E-state index in [4.69, 9.17) is 0 Å². The highest BCUT2D eigenvalue weighted by Gasteiger charge is 1.94. The van der Waals surface area contributed by atoms with Crippen molar-refractivity contribution in [3.8, 4) is 0 Å². The number of rotatable bonds is 2. The first-order valence-electron chi connectivity index (χ1n) is 5.25. The molecule has 0 heteroatoms. The monoisotopic (exact) mass is 172 g/mol. The van der Waals surface area contributed by atoms with Crippen LogP contribution in [0.5, 0.6) is 0 Å². The maximum absolute atomic E-state index is 3.83. The van der Waals surface area contributed by atoms with E-state index < -0.39 is 0 Å². The predicted molar refractivity (Wildman–Crippen MR) is 61.6 cm³/mol. The largest absolute Gasteiger partial charge is 0.0999 e. The molecule has 0 aromatic carbocycles. The lowest BCUT2D eigenvalue weighted by Crippen LogP contribution is -1.89. The maximum Gasteiger partial charge on any atom is -0.0240 e. The normalized spacial score (nSPS) is 9.92. The lowest BCUT2D eigenvalue weighted by molar-refractivity contribution is 0.658. The van der Waals surface area contributed by atoms with Crippen LogP contribution in [-0.4, -0.2) is 0 Å². The van der Waals surface area contributed by atoms with E-state index in [9.17, 15) is 0 Å². The second kappa shape index (κ2) is 17.0. The van der Waals surface area contributed by atoms with E-state index >= 15 is 0 Å². The Balaban J connectivity index is -0.000000137. The molecule has 0 aromatic heterocycles. The van der Waals surface area contributed by atoms with Crippen molar-refractivity contribution in [1.29, 1.82) is 0 Å². The van der Waals surface area contributed by atoms with Gasteiger partial charge in [0.2, 0.25) is 0 Å². The summed E-state index contributed by atoms with van der Waals surface area (Å²) in [5.41, 5.74) is 1.29. The Morgan fingerprint density at radius 2 is 1.42 bits per heavy atom. The lowest BCUT2D eigenvalue weighted by Gasteiger charge is -2.04. The van der Waals surface area contributed by atoms with Crippen LogP contribution in [0.3, 0.4) is 0 Å². The van der Waals surface area contributed by atoms with E-state index in [-0.39, 0.29) is 0 Å². The average Bonchev–Trinajstić information content (AvgIpc) is 2.08. The molecule has 1 atom stereocenters. The summed E-state index contributed by atoms with van der Waals surface area (Å²) in [5, 5.41) is 0. The minimum Gasteiger partial charge on any atom is -0.0999 e. The molecule has 0 rings (SSSR count). The summed E-state index contributed by atoms with van der Waals surface area (Å²) in [6, 6.07) is 0. The van der Waals surface area contributed by atoms with Crippen LogP contribution in [0.25, 0.3) is 0 Å². The molecule has 76 valence electrons. The zero-order chi connectivity index (χ0) is 10.6. The summed E-state index contributed by atoms with van der Waals surface area (Å²) >= 11 is 0. The first kappa shape index (κ1) is 17.7. The topological polar surface area (TPSA) is 0 Å². The molecule has 12 heavy (non-hydrogen) atoms. The van der Waals surface area contributed by atoms with Gasteiger partial charge in [-0.25, -0.2) is 0 Å². The second-order valence-electron chi connectivity index (χ2n) is 2.86. The van der Waals surface area contributed by atoms with Crippen LogP contribution >= 0.6 is 0 Å². The summed E-state index contributed by atoms with van der Waals surface area (Å²) in [7, 11) is 0. The van der Waals surface area contributed by atoms with Gasteiger partial charge in [0.05, 0.1) is 0 Å². The highest BCUT2D eigenvalue weighted by molar-refractivity contribution is 4.92. The van der Waals surface area contributed by atoms with Crippen LogP contribution in [0.2, 0.25) is 0 Å². The summed E-state index contributed by atoms with van der Waals surface area (Å²) in [6.07, 6.45) is 2.47. The third kappa shape index (κ3) is 22.6. The van der Waals surface area contributed by atoms with E-state index in [2.05, 4.69) is 41.2 Å². The summed E-state index contributed by atoms with van der Waals surface area (Å²) < 4.78 is 0. The highest BCUT2D eigenvalue weighted by Crippen LogP contribution is 2.09. The van der Waals surface area contributed by atoms with E-state index in [1.165, 1.54) is 18.4 Å². The van der Waals surface area contributed by atoms with Gasteiger partial charge in [-0.2, -0.15) is 0 Å². The molecule has 1 unspecified atom stereocenters. The third-order valence-electron chi connectivity index (χ3n) is 1.45. The molecule has 0 aliphatic carbocycles. The van der Waals surface area contributed by atoms with Crippen molar-refractivity contribution in [3.63, 3.8) is 0 Å². The van der Waals surface area contributed by atoms with Crippen molar-refractivity contribution in [1.82, 2.24) is 0 Å². The summed E-state index contributed by atoms with van der Waals surface area (Å²) in [6.45, 7) is 18.5. The van der Waals surface area contributed by atoms with Gasteiger partial charge in [0.25, 0.3) is 0 Å². The molecule has 0 spiro atoms. The Labute approximate surface area is 80.1 Å². The molecular formula is C12H28. The molecular weight excluding hydrogens is 144 g/mol. The molecule has 0 fully saturated rings. The zero-order valence-electron chi connectivity index (χ0n) is 10.2. The van der Waals surface area contributed by atoms with E-state index in [1.807, 2.05) is 13.8 Å². The van der Waals surface area contributed by atoms with Crippen LogP contribution in [0.15, 0.2) is 12.2 Å². The smallest absolute Gasteiger partial charge is 0.0240 e. The lowest BCUT2D eigenvalue weighted by atomic mass is 10.0. The van der Waals surface area contributed by atoms with Gasteiger partial charge in [0, 0.05) is 0 Å². The Morgan fingerprint density at radius 1 is 1.17 bits per heavy atom. The van der Waals surface area contributed by atoms with Crippen LogP contribution < -0.4 is 0 Å². The van der Waals surface area contributed by atoms with Crippen LogP contribution in [0.1, 0.15) is 61.3 Å². The standard InChI is InChI=1S/C7H14.C3H8.C2H6/c1-5-7(4)6(2)3;1-3-2;1-2/h7H,2,5H2,1,3-4H3;3H2,1-2H3;1-2H3. The molecule has 0 radical (unpaired) electrons. The van der Waals surface area contributed by atoms with Crippen LogP contribution in [0.4, 0.5) is 0 Å². The highest BCUT2D eigenvalue weighted by atomic mass is 14.0. The Bertz CT molecular complexity index is 72.1. The molecule has 0 saturated carbocycles. The van der Waals surface area contributed by atoms with Gasteiger partial charge >= 0.3 is 0 Å². The van der Waals surface area contributed by atoms with Crippen molar-refractivity contribution in [2.75, 3.05) is 0 Å². The molecule has 0 heterocycles. The van der Waals surface area contributed by atoms with Gasteiger partial charge in [-0.05, 0) is 19.3 Å². The second-order valence-corrected chi connectivity index (χ2v) is 2.86. The van der Waals surface area contributed by atoms with Crippen molar-refractivity contribution in [2.24, 2.45) is 5.92 Å².